The van der Waals surface area contributed by atoms with Gasteiger partial charge in [0.05, 0.1) is 33.6 Å². The van der Waals surface area contributed by atoms with Crippen molar-refractivity contribution in [2.24, 2.45) is 5.10 Å². The normalized spacial score (nSPS) is 11.2. The highest BCUT2D eigenvalue weighted by atomic mass is 35.5. The number of para-hydroxylation sites is 1. The van der Waals surface area contributed by atoms with Crippen LogP contribution in [0.3, 0.4) is 0 Å². The number of fused-ring (bicyclic) bond motifs is 1. The van der Waals surface area contributed by atoms with Gasteiger partial charge in [-0.1, -0.05) is 64.8 Å². The van der Waals surface area contributed by atoms with Crippen LogP contribution in [-0.2, 0) is 4.79 Å². The van der Waals surface area contributed by atoms with E-state index < -0.39 is 0 Å². The van der Waals surface area contributed by atoms with Crippen molar-refractivity contribution >= 4 is 69.6 Å². The molecule has 3 aromatic carbocycles. The Morgan fingerprint density at radius 2 is 1.76 bits per heavy atom. The van der Waals surface area contributed by atoms with Gasteiger partial charge in [-0.3, -0.25) is 14.2 Å². The van der Waals surface area contributed by atoms with Gasteiger partial charge < -0.3 is 0 Å². The summed E-state index contributed by atoms with van der Waals surface area (Å²) >= 11 is 19.1. The molecule has 4 aromatic rings. The summed E-state index contributed by atoms with van der Waals surface area (Å²) in [6.07, 6.45) is 1.43. The van der Waals surface area contributed by atoms with E-state index >= 15 is 0 Å². The van der Waals surface area contributed by atoms with Gasteiger partial charge >= 0.3 is 0 Å². The highest BCUT2D eigenvalue weighted by molar-refractivity contribution is 7.99. The topological polar surface area (TPSA) is 76.3 Å². The summed E-state index contributed by atoms with van der Waals surface area (Å²) in [7, 11) is 0. The number of hydrogen-bond acceptors (Lipinski definition) is 5. The fourth-order valence-corrected chi connectivity index (χ4v) is 4.36. The number of carbonyl (C=O) groups is 1. The fourth-order valence-electron chi connectivity index (χ4n) is 2.97. The number of hydrazone groups is 1. The smallest absolute Gasteiger partial charge is 0.266 e. The molecule has 0 saturated heterocycles. The zero-order valence-electron chi connectivity index (χ0n) is 16.8. The van der Waals surface area contributed by atoms with Crippen molar-refractivity contribution in [3.8, 4) is 5.69 Å². The summed E-state index contributed by atoms with van der Waals surface area (Å²) in [5.74, 6) is -0.379. The van der Waals surface area contributed by atoms with Crippen LogP contribution in [0.2, 0.25) is 15.1 Å². The molecule has 0 radical (unpaired) electrons. The third kappa shape index (κ3) is 5.57. The summed E-state index contributed by atoms with van der Waals surface area (Å²) in [5, 5.41) is 6.26. The molecule has 0 spiro atoms. The van der Waals surface area contributed by atoms with Crippen LogP contribution in [0.4, 0.5) is 0 Å². The molecule has 166 valence electrons. The van der Waals surface area contributed by atoms with Crippen LogP contribution in [0, 0.1) is 0 Å². The maximum atomic E-state index is 13.2. The van der Waals surface area contributed by atoms with E-state index in [1.807, 2.05) is 0 Å². The molecule has 10 heteroatoms. The first kappa shape index (κ1) is 23.3. The molecule has 4 rings (SSSR count). The maximum Gasteiger partial charge on any atom is 0.266 e. The van der Waals surface area contributed by atoms with Crippen LogP contribution in [-0.4, -0.2) is 27.4 Å². The number of hydrogen-bond donors (Lipinski definition) is 1. The molecule has 1 heterocycles. The van der Waals surface area contributed by atoms with Gasteiger partial charge in [-0.25, -0.2) is 10.4 Å². The maximum absolute atomic E-state index is 13.2. The largest absolute Gasteiger partial charge is 0.272 e. The van der Waals surface area contributed by atoms with E-state index in [1.54, 1.807) is 66.7 Å². The predicted octanol–water partition coefficient (Wildman–Crippen LogP) is 5.59. The van der Waals surface area contributed by atoms with Crippen molar-refractivity contribution < 1.29 is 4.79 Å². The molecule has 0 atom stereocenters. The van der Waals surface area contributed by atoms with Crippen LogP contribution in [0.25, 0.3) is 16.6 Å². The monoisotopic (exact) mass is 516 g/mol. The van der Waals surface area contributed by atoms with E-state index in [2.05, 4.69) is 15.5 Å². The third-order valence-electron chi connectivity index (χ3n) is 4.52. The quantitative estimate of drug-likeness (QED) is 0.157. The number of aromatic nitrogens is 2. The minimum atomic E-state index is -0.369. The van der Waals surface area contributed by atoms with Gasteiger partial charge in [0.15, 0.2) is 5.16 Å². The van der Waals surface area contributed by atoms with E-state index in [0.29, 0.717) is 42.4 Å². The Balaban J connectivity index is 1.55. The van der Waals surface area contributed by atoms with Crippen LogP contribution < -0.4 is 11.0 Å². The number of halogens is 3. The van der Waals surface area contributed by atoms with Gasteiger partial charge in [-0.2, -0.15) is 5.10 Å². The Bertz CT molecular complexity index is 1420. The summed E-state index contributed by atoms with van der Waals surface area (Å²) in [6, 6.07) is 18.8. The first-order valence-corrected chi connectivity index (χ1v) is 11.7. The Labute approximate surface area is 208 Å². The van der Waals surface area contributed by atoms with Crippen molar-refractivity contribution in [3.63, 3.8) is 0 Å². The SMILES string of the molecule is O=C(CSc1nc2ccccc2c(=O)n1-c1ccc(Cl)cc1)N/N=C/c1ccc(Cl)cc1Cl. The zero-order chi connectivity index (χ0) is 23.4. The van der Waals surface area contributed by atoms with E-state index in [4.69, 9.17) is 34.8 Å². The molecule has 0 aliphatic heterocycles. The predicted molar refractivity (Wildman–Crippen MR) is 135 cm³/mol. The highest BCUT2D eigenvalue weighted by Crippen LogP contribution is 2.22. The number of rotatable bonds is 6. The first-order valence-electron chi connectivity index (χ1n) is 9.60. The van der Waals surface area contributed by atoms with Crippen LogP contribution in [0.5, 0.6) is 0 Å². The van der Waals surface area contributed by atoms with Gasteiger partial charge in [0.2, 0.25) is 0 Å². The van der Waals surface area contributed by atoms with E-state index in [1.165, 1.54) is 10.8 Å². The van der Waals surface area contributed by atoms with Crippen molar-refractivity contribution in [1.29, 1.82) is 0 Å². The van der Waals surface area contributed by atoms with Gasteiger partial charge in [-0.05, 0) is 48.5 Å². The Morgan fingerprint density at radius 1 is 1.03 bits per heavy atom. The van der Waals surface area contributed by atoms with Crippen molar-refractivity contribution in [2.75, 3.05) is 5.75 Å². The van der Waals surface area contributed by atoms with Crippen molar-refractivity contribution in [2.45, 2.75) is 5.16 Å². The molecule has 0 bridgehead atoms. The standard InChI is InChI=1S/C23H15Cl3N4O2S/c24-15-7-9-17(10-8-15)30-22(32)18-3-1-2-4-20(18)28-23(30)33-13-21(31)29-27-12-14-5-6-16(25)11-19(14)26/h1-12H,13H2,(H,29,31)/b27-12+. The lowest BCUT2D eigenvalue weighted by atomic mass is 10.2. The number of thioether (sulfide) groups is 1. The number of nitrogens with zero attached hydrogens (tertiary/aromatic N) is 3. The second-order valence-electron chi connectivity index (χ2n) is 6.78. The van der Waals surface area contributed by atoms with Crippen LogP contribution >= 0.6 is 46.6 Å². The molecule has 0 unspecified atom stereocenters. The molecule has 1 aromatic heterocycles. The van der Waals surface area contributed by atoms with Crippen LogP contribution in [0.15, 0.2) is 81.8 Å². The minimum absolute atomic E-state index is 0.00986. The second kappa shape index (κ2) is 10.4. The number of nitrogens with one attached hydrogen (secondary N) is 1. The lowest BCUT2D eigenvalue weighted by molar-refractivity contribution is -0.118. The molecule has 1 amide bonds. The third-order valence-corrected chi connectivity index (χ3v) is 6.27. The zero-order valence-corrected chi connectivity index (χ0v) is 19.9. The molecule has 0 aliphatic rings. The summed E-state index contributed by atoms with van der Waals surface area (Å²) in [4.78, 5) is 30.1. The second-order valence-corrected chi connectivity index (χ2v) is 9.00. The van der Waals surface area contributed by atoms with Crippen molar-refractivity contribution in [3.05, 3.63) is 97.7 Å². The van der Waals surface area contributed by atoms with E-state index in [9.17, 15) is 9.59 Å². The summed E-state index contributed by atoms with van der Waals surface area (Å²) in [6.45, 7) is 0. The highest BCUT2D eigenvalue weighted by Gasteiger charge is 2.14. The van der Waals surface area contributed by atoms with E-state index in [0.717, 1.165) is 11.8 Å². The van der Waals surface area contributed by atoms with Gasteiger partial charge in [-0.15, -0.1) is 0 Å². The Kier molecular flexibility index (Phi) is 7.35. The average molecular weight is 518 g/mol. The summed E-state index contributed by atoms with van der Waals surface area (Å²) in [5.41, 5.74) is 3.97. The lowest BCUT2D eigenvalue weighted by Crippen LogP contribution is -2.24. The molecule has 1 N–H and O–H groups in total. The van der Waals surface area contributed by atoms with Gasteiger partial charge in [0, 0.05) is 15.6 Å². The van der Waals surface area contributed by atoms with E-state index in [-0.39, 0.29) is 17.2 Å². The first-order chi connectivity index (χ1) is 15.9. The molecule has 0 fully saturated rings. The number of amides is 1. The van der Waals surface area contributed by atoms with Crippen molar-refractivity contribution in [1.82, 2.24) is 15.0 Å². The molecule has 33 heavy (non-hydrogen) atoms. The Morgan fingerprint density at radius 3 is 2.52 bits per heavy atom. The minimum Gasteiger partial charge on any atom is -0.272 e. The lowest BCUT2D eigenvalue weighted by Gasteiger charge is -2.13. The number of carbonyl (C=O) groups excluding carboxylic acids is 1. The number of benzene rings is 3. The molecule has 0 aliphatic carbocycles. The fraction of sp³-hybridized carbons (Fsp3) is 0.0435. The molecule has 6 nitrogen and oxygen atoms in total. The Hall–Kier alpha value is -2.84. The molecule has 0 saturated carbocycles. The average Bonchev–Trinajstić information content (AvgIpc) is 2.80. The van der Waals surface area contributed by atoms with Gasteiger partial charge in [0.25, 0.3) is 11.5 Å². The molecular formula is C23H15Cl3N4O2S. The van der Waals surface area contributed by atoms with Gasteiger partial charge in [0.1, 0.15) is 0 Å². The summed E-state index contributed by atoms with van der Waals surface area (Å²) < 4.78 is 1.47. The van der Waals surface area contributed by atoms with Crippen LogP contribution in [0.1, 0.15) is 5.56 Å². The molecular weight excluding hydrogens is 503 g/mol.